The lowest BCUT2D eigenvalue weighted by Crippen LogP contribution is -2.01. The van der Waals surface area contributed by atoms with Crippen molar-refractivity contribution in [2.45, 2.75) is 11.9 Å². The number of ether oxygens (including phenoxy) is 1. The van der Waals surface area contributed by atoms with E-state index in [0.717, 1.165) is 4.47 Å². The van der Waals surface area contributed by atoms with Gasteiger partial charge in [-0.05, 0) is 29.8 Å². The lowest BCUT2D eigenvalue weighted by Gasteiger charge is -2.10. The van der Waals surface area contributed by atoms with Crippen LogP contribution in [0.3, 0.4) is 0 Å². The summed E-state index contributed by atoms with van der Waals surface area (Å²) >= 11 is 12.4. The van der Waals surface area contributed by atoms with Crippen LogP contribution in [0.2, 0.25) is 5.02 Å². The molecule has 0 N–H and O–H groups in total. The van der Waals surface area contributed by atoms with Crippen LogP contribution in [0.25, 0.3) is 0 Å². The maximum Gasteiger partial charge on any atom is 0.191 e. The van der Waals surface area contributed by atoms with E-state index in [2.05, 4.69) is 31.9 Å². The largest absolute Gasteiger partial charge is 0.483 e. The predicted molar refractivity (Wildman–Crippen MR) is 82.5 cm³/mol. The minimum absolute atomic E-state index is 0.00634. The molecule has 0 unspecified atom stereocenters. The molecule has 0 bridgehead atoms. The molecule has 0 amide bonds. The van der Waals surface area contributed by atoms with E-state index in [0.29, 0.717) is 21.5 Å². The number of halogens is 5. The molecule has 2 aromatic rings. The molecule has 0 heterocycles. The summed E-state index contributed by atoms with van der Waals surface area (Å²) in [6, 6.07) is 7.67. The minimum Gasteiger partial charge on any atom is -0.483 e. The van der Waals surface area contributed by atoms with Gasteiger partial charge in [0.2, 0.25) is 0 Å². The highest BCUT2D eigenvalue weighted by molar-refractivity contribution is 9.10. The lowest BCUT2D eigenvalue weighted by molar-refractivity contribution is 0.274. The Morgan fingerprint density at radius 1 is 1.10 bits per heavy atom. The fourth-order valence-corrected chi connectivity index (χ4v) is 2.67. The topological polar surface area (TPSA) is 9.23 Å². The molecular weight excluding hydrogens is 417 g/mol. The van der Waals surface area contributed by atoms with Gasteiger partial charge in [-0.25, -0.2) is 8.78 Å². The zero-order chi connectivity index (χ0) is 14.7. The number of rotatable bonds is 4. The second-order valence-electron chi connectivity index (χ2n) is 4.05. The van der Waals surface area contributed by atoms with Gasteiger partial charge in [-0.15, -0.1) is 0 Å². The highest BCUT2D eigenvalue weighted by atomic mass is 79.9. The van der Waals surface area contributed by atoms with E-state index in [9.17, 15) is 8.78 Å². The van der Waals surface area contributed by atoms with E-state index < -0.39 is 17.4 Å². The summed E-state index contributed by atoms with van der Waals surface area (Å²) in [7, 11) is 0. The van der Waals surface area contributed by atoms with Crippen LogP contribution in [-0.2, 0) is 11.9 Å². The molecule has 0 saturated heterocycles. The van der Waals surface area contributed by atoms with Crippen molar-refractivity contribution in [2.75, 3.05) is 0 Å². The van der Waals surface area contributed by atoms with Crippen LogP contribution in [0.15, 0.2) is 34.8 Å². The molecule has 106 valence electrons. The van der Waals surface area contributed by atoms with Crippen molar-refractivity contribution >= 4 is 43.5 Å². The fraction of sp³-hybridized carbons (Fsp3) is 0.143. The molecule has 2 aromatic carbocycles. The molecule has 0 aliphatic heterocycles. The quantitative estimate of drug-likeness (QED) is 0.557. The summed E-state index contributed by atoms with van der Waals surface area (Å²) in [5.74, 6) is -1.85. The first-order valence-corrected chi connectivity index (χ1v) is 7.91. The highest BCUT2D eigenvalue weighted by Gasteiger charge is 2.13. The zero-order valence-electron chi connectivity index (χ0n) is 10.1. The van der Waals surface area contributed by atoms with E-state index in [1.807, 2.05) is 0 Å². The first-order valence-electron chi connectivity index (χ1n) is 5.62. The summed E-state index contributed by atoms with van der Waals surface area (Å²) in [5, 5.41) is 0.844. The van der Waals surface area contributed by atoms with Crippen LogP contribution >= 0.6 is 43.5 Å². The van der Waals surface area contributed by atoms with Crippen molar-refractivity contribution in [3.8, 4) is 5.75 Å². The Kier molecular flexibility index (Phi) is 5.41. The second kappa shape index (κ2) is 6.87. The molecule has 2 rings (SSSR count). The van der Waals surface area contributed by atoms with Crippen molar-refractivity contribution in [3.63, 3.8) is 0 Å². The van der Waals surface area contributed by atoms with Crippen LogP contribution in [0.1, 0.15) is 11.1 Å². The average Bonchev–Trinajstić information content (AvgIpc) is 2.39. The molecule has 0 spiro atoms. The van der Waals surface area contributed by atoms with E-state index in [4.69, 9.17) is 16.3 Å². The second-order valence-corrected chi connectivity index (χ2v) is 5.93. The van der Waals surface area contributed by atoms with Crippen LogP contribution in [0.5, 0.6) is 5.75 Å². The van der Waals surface area contributed by atoms with Gasteiger partial charge in [-0.3, -0.25) is 0 Å². The monoisotopic (exact) mass is 424 g/mol. The summed E-state index contributed by atoms with van der Waals surface area (Å²) in [6.07, 6.45) is 0. The van der Waals surface area contributed by atoms with E-state index in [1.54, 1.807) is 18.2 Å². The number of hydrogen-bond acceptors (Lipinski definition) is 1. The maximum atomic E-state index is 13.7. The summed E-state index contributed by atoms with van der Waals surface area (Å²) < 4.78 is 33.5. The smallest absolute Gasteiger partial charge is 0.191 e. The first-order chi connectivity index (χ1) is 9.51. The van der Waals surface area contributed by atoms with Gasteiger partial charge in [-0.2, -0.15) is 0 Å². The Morgan fingerprint density at radius 2 is 1.75 bits per heavy atom. The molecule has 0 fully saturated rings. The Balaban J connectivity index is 2.19. The Morgan fingerprint density at radius 3 is 2.30 bits per heavy atom. The van der Waals surface area contributed by atoms with Gasteiger partial charge in [0.25, 0.3) is 0 Å². The van der Waals surface area contributed by atoms with Crippen molar-refractivity contribution in [2.24, 2.45) is 0 Å². The molecular formula is C14H9Br2ClF2O. The zero-order valence-corrected chi connectivity index (χ0v) is 14.0. The minimum atomic E-state index is -0.729. The maximum absolute atomic E-state index is 13.7. The van der Waals surface area contributed by atoms with Crippen LogP contribution in [-0.4, -0.2) is 0 Å². The summed E-state index contributed by atoms with van der Waals surface area (Å²) in [6.45, 7) is -0.00634. The number of alkyl halides is 1. The van der Waals surface area contributed by atoms with E-state index in [-0.39, 0.29) is 6.61 Å². The Hall–Kier alpha value is -0.650. The molecule has 0 aliphatic rings. The van der Waals surface area contributed by atoms with Gasteiger partial charge in [0.05, 0.1) is 0 Å². The lowest BCUT2D eigenvalue weighted by atomic mass is 10.2. The van der Waals surface area contributed by atoms with Crippen LogP contribution < -0.4 is 4.74 Å². The van der Waals surface area contributed by atoms with Gasteiger partial charge in [-0.1, -0.05) is 49.5 Å². The van der Waals surface area contributed by atoms with Crippen molar-refractivity contribution < 1.29 is 13.5 Å². The molecule has 0 aromatic heterocycles. The highest BCUT2D eigenvalue weighted by Crippen LogP contribution is 2.27. The molecule has 0 radical (unpaired) electrons. The molecule has 1 nitrogen and oxygen atoms in total. The predicted octanol–water partition coefficient (Wildman–Crippen LogP) is 5.85. The number of hydrogen-bond donors (Lipinski definition) is 0. The molecule has 0 saturated carbocycles. The van der Waals surface area contributed by atoms with Gasteiger partial charge in [0.1, 0.15) is 6.61 Å². The standard InChI is InChI=1S/C14H9Br2ClF2O/c15-6-8-3-12(18)14(13(19)4-8)20-7-9-1-2-10(16)5-11(9)17/h1-5H,6-7H2. The van der Waals surface area contributed by atoms with Crippen LogP contribution in [0, 0.1) is 11.6 Å². The van der Waals surface area contributed by atoms with Gasteiger partial charge in [0, 0.05) is 20.4 Å². The molecule has 20 heavy (non-hydrogen) atoms. The fourth-order valence-electron chi connectivity index (χ4n) is 1.62. The van der Waals surface area contributed by atoms with Gasteiger partial charge in [0.15, 0.2) is 17.4 Å². The van der Waals surface area contributed by atoms with Crippen molar-refractivity contribution in [1.29, 1.82) is 0 Å². The number of benzene rings is 2. The Labute approximate surface area is 137 Å². The molecule has 6 heteroatoms. The average molecular weight is 426 g/mol. The van der Waals surface area contributed by atoms with Crippen LogP contribution in [0.4, 0.5) is 8.78 Å². The SMILES string of the molecule is Fc1cc(CBr)cc(F)c1OCc1ccc(Br)cc1Cl. The molecule has 0 atom stereocenters. The van der Waals surface area contributed by atoms with Crippen molar-refractivity contribution in [3.05, 3.63) is 62.6 Å². The normalized spacial score (nSPS) is 10.7. The Bertz CT molecular complexity index is 612. The van der Waals surface area contributed by atoms with E-state index >= 15 is 0 Å². The summed E-state index contributed by atoms with van der Waals surface area (Å²) in [5.41, 5.74) is 1.16. The third kappa shape index (κ3) is 3.71. The molecule has 0 aliphatic carbocycles. The third-order valence-electron chi connectivity index (χ3n) is 2.60. The third-order valence-corrected chi connectivity index (χ3v) is 4.09. The van der Waals surface area contributed by atoms with E-state index in [1.165, 1.54) is 12.1 Å². The summed E-state index contributed by atoms with van der Waals surface area (Å²) in [4.78, 5) is 0. The first kappa shape index (κ1) is 15.7. The van der Waals surface area contributed by atoms with Gasteiger partial charge < -0.3 is 4.74 Å². The van der Waals surface area contributed by atoms with Crippen molar-refractivity contribution in [1.82, 2.24) is 0 Å². The van der Waals surface area contributed by atoms with Gasteiger partial charge >= 0.3 is 0 Å².